The lowest BCUT2D eigenvalue weighted by atomic mass is 10.1. The van der Waals surface area contributed by atoms with Crippen LogP contribution in [0.4, 0.5) is 0 Å². The third-order valence-corrected chi connectivity index (χ3v) is 2.41. The van der Waals surface area contributed by atoms with Gasteiger partial charge < -0.3 is 4.42 Å². The minimum Gasteiger partial charge on any atom is -0.445 e. The molecule has 0 aliphatic carbocycles. The van der Waals surface area contributed by atoms with E-state index >= 15 is 0 Å². The fourth-order valence-electron chi connectivity index (χ4n) is 1.61. The highest BCUT2D eigenvalue weighted by atomic mass is 16.4. The SMILES string of the molecule is CCc1nc(-c2ccccc2)c(CC)o1. The van der Waals surface area contributed by atoms with Gasteiger partial charge in [0.05, 0.1) is 0 Å². The average Bonchev–Trinajstić information content (AvgIpc) is 2.73. The molecule has 0 aliphatic rings. The zero-order chi connectivity index (χ0) is 10.7. The molecule has 1 aromatic heterocycles. The van der Waals surface area contributed by atoms with Crippen molar-refractivity contribution in [2.24, 2.45) is 0 Å². The number of benzene rings is 1. The van der Waals surface area contributed by atoms with Crippen LogP contribution < -0.4 is 0 Å². The number of rotatable bonds is 3. The second kappa shape index (κ2) is 4.30. The Labute approximate surface area is 90.0 Å². The third kappa shape index (κ3) is 1.94. The van der Waals surface area contributed by atoms with Gasteiger partial charge in [-0.2, -0.15) is 0 Å². The van der Waals surface area contributed by atoms with E-state index in [1.54, 1.807) is 0 Å². The van der Waals surface area contributed by atoms with Crippen molar-refractivity contribution < 1.29 is 4.42 Å². The predicted molar refractivity (Wildman–Crippen MR) is 60.7 cm³/mol. The Morgan fingerprint density at radius 1 is 1.07 bits per heavy atom. The fraction of sp³-hybridized carbons (Fsp3) is 0.308. The van der Waals surface area contributed by atoms with E-state index in [1.807, 2.05) is 18.2 Å². The molecular weight excluding hydrogens is 186 g/mol. The summed E-state index contributed by atoms with van der Waals surface area (Å²) in [4.78, 5) is 4.50. The van der Waals surface area contributed by atoms with Crippen molar-refractivity contribution in [3.8, 4) is 11.3 Å². The summed E-state index contributed by atoms with van der Waals surface area (Å²) in [6.07, 6.45) is 1.73. The van der Waals surface area contributed by atoms with Crippen molar-refractivity contribution in [3.05, 3.63) is 42.0 Å². The molecule has 15 heavy (non-hydrogen) atoms. The van der Waals surface area contributed by atoms with Crippen LogP contribution in [0.15, 0.2) is 34.7 Å². The Hall–Kier alpha value is -1.57. The van der Waals surface area contributed by atoms with Gasteiger partial charge >= 0.3 is 0 Å². The van der Waals surface area contributed by atoms with Crippen molar-refractivity contribution in [1.82, 2.24) is 4.98 Å². The molecule has 2 nitrogen and oxygen atoms in total. The van der Waals surface area contributed by atoms with Crippen molar-refractivity contribution in [2.75, 3.05) is 0 Å². The van der Waals surface area contributed by atoms with Crippen LogP contribution in [0.3, 0.4) is 0 Å². The highest BCUT2D eigenvalue weighted by Crippen LogP contribution is 2.24. The Morgan fingerprint density at radius 3 is 2.40 bits per heavy atom. The van der Waals surface area contributed by atoms with Gasteiger partial charge in [-0.25, -0.2) is 4.98 Å². The molecule has 0 amide bonds. The molecule has 2 aromatic rings. The Kier molecular flexibility index (Phi) is 2.86. The van der Waals surface area contributed by atoms with E-state index in [-0.39, 0.29) is 0 Å². The molecule has 0 bridgehead atoms. The van der Waals surface area contributed by atoms with Crippen LogP contribution in [-0.4, -0.2) is 4.98 Å². The van der Waals surface area contributed by atoms with E-state index < -0.39 is 0 Å². The molecule has 0 fully saturated rings. The molecule has 1 heterocycles. The monoisotopic (exact) mass is 201 g/mol. The van der Waals surface area contributed by atoms with Crippen LogP contribution in [0.1, 0.15) is 25.5 Å². The standard InChI is InChI=1S/C13H15NO/c1-3-11-13(14-12(4-2)15-11)10-8-6-5-7-9-10/h5-9H,3-4H2,1-2H3. The van der Waals surface area contributed by atoms with Gasteiger partial charge in [-0.1, -0.05) is 44.2 Å². The summed E-state index contributed by atoms with van der Waals surface area (Å²) in [5.74, 6) is 1.81. The molecule has 0 atom stereocenters. The van der Waals surface area contributed by atoms with Crippen LogP contribution in [0, 0.1) is 0 Å². The van der Waals surface area contributed by atoms with Crippen molar-refractivity contribution in [2.45, 2.75) is 26.7 Å². The molecule has 0 radical (unpaired) electrons. The lowest BCUT2D eigenvalue weighted by Crippen LogP contribution is -1.83. The number of nitrogens with zero attached hydrogens (tertiary/aromatic N) is 1. The number of oxazole rings is 1. The second-order valence-electron chi connectivity index (χ2n) is 3.45. The molecule has 0 spiro atoms. The molecule has 0 unspecified atom stereocenters. The summed E-state index contributed by atoms with van der Waals surface area (Å²) >= 11 is 0. The summed E-state index contributed by atoms with van der Waals surface area (Å²) in [7, 11) is 0. The molecule has 1 aromatic carbocycles. The normalized spacial score (nSPS) is 10.5. The number of aryl methyl sites for hydroxylation is 2. The topological polar surface area (TPSA) is 26.0 Å². The molecule has 2 rings (SSSR count). The second-order valence-corrected chi connectivity index (χ2v) is 3.45. The molecule has 0 saturated heterocycles. The minimum atomic E-state index is 0.825. The summed E-state index contributed by atoms with van der Waals surface area (Å²) in [6.45, 7) is 4.15. The number of hydrogen-bond donors (Lipinski definition) is 0. The van der Waals surface area contributed by atoms with Gasteiger partial charge in [0.2, 0.25) is 0 Å². The first-order chi connectivity index (χ1) is 7.35. The maximum atomic E-state index is 5.66. The van der Waals surface area contributed by atoms with Crippen LogP contribution in [0.2, 0.25) is 0 Å². The van der Waals surface area contributed by atoms with Crippen molar-refractivity contribution in [1.29, 1.82) is 0 Å². The number of aromatic nitrogens is 1. The summed E-state index contributed by atoms with van der Waals surface area (Å²) in [5, 5.41) is 0. The van der Waals surface area contributed by atoms with Crippen LogP contribution in [-0.2, 0) is 12.8 Å². The lowest BCUT2D eigenvalue weighted by Gasteiger charge is -1.97. The smallest absolute Gasteiger partial charge is 0.194 e. The van der Waals surface area contributed by atoms with E-state index in [9.17, 15) is 0 Å². The van der Waals surface area contributed by atoms with E-state index in [4.69, 9.17) is 4.42 Å². The molecule has 2 heteroatoms. The zero-order valence-electron chi connectivity index (χ0n) is 9.16. The van der Waals surface area contributed by atoms with Crippen LogP contribution in [0.25, 0.3) is 11.3 Å². The first-order valence-electron chi connectivity index (χ1n) is 5.39. The van der Waals surface area contributed by atoms with Crippen molar-refractivity contribution in [3.63, 3.8) is 0 Å². The summed E-state index contributed by atoms with van der Waals surface area (Å²) in [6, 6.07) is 10.2. The van der Waals surface area contributed by atoms with Crippen LogP contribution in [0.5, 0.6) is 0 Å². The summed E-state index contributed by atoms with van der Waals surface area (Å²) in [5.41, 5.74) is 2.13. The molecule has 78 valence electrons. The summed E-state index contributed by atoms with van der Waals surface area (Å²) < 4.78 is 5.66. The molecule has 0 aliphatic heterocycles. The van der Waals surface area contributed by atoms with Gasteiger partial charge in [-0.3, -0.25) is 0 Å². The van der Waals surface area contributed by atoms with E-state index in [0.717, 1.165) is 35.7 Å². The highest BCUT2D eigenvalue weighted by Gasteiger charge is 2.11. The van der Waals surface area contributed by atoms with Gasteiger partial charge in [0.15, 0.2) is 5.89 Å². The molecule has 0 N–H and O–H groups in total. The van der Waals surface area contributed by atoms with Gasteiger partial charge in [0.1, 0.15) is 11.5 Å². The van der Waals surface area contributed by atoms with E-state index in [0.29, 0.717) is 0 Å². The quantitative estimate of drug-likeness (QED) is 0.760. The highest BCUT2D eigenvalue weighted by molar-refractivity contribution is 5.61. The fourth-order valence-corrected chi connectivity index (χ4v) is 1.61. The van der Waals surface area contributed by atoms with E-state index in [1.165, 1.54) is 0 Å². The van der Waals surface area contributed by atoms with Crippen LogP contribution >= 0.6 is 0 Å². The maximum Gasteiger partial charge on any atom is 0.194 e. The average molecular weight is 201 g/mol. The molecular formula is C13H15NO. The van der Waals surface area contributed by atoms with E-state index in [2.05, 4.69) is 31.0 Å². The minimum absolute atomic E-state index is 0.825. The zero-order valence-corrected chi connectivity index (χ0v) is 9.16. The predicted octanol–water partition coefficient (Wildman–Crippen LogP) is 3.47. The first kappa shape index (κ1) is 9.97. The van der Waals surface area contributed by atoms with Gasteiger partial charge in [-0.05, 0) is 0 Å². The molecule has 0 saturated carbocycles. The van der Waals surface area contributed by atoms with Gasteiger partial charge in [0, 0.05) is 18.4 Å². The van der Waals surface area contributed by atoms with Gasteiger partial charge in [-0.15, -0.1) is 0 Å². The Bertz CT molecular complexity index is 431. The van der Waals surface area contributed by atoms with Crippen molar-refractivity contribution >= 4 is 0 Å². The lowest BCUT2D eigenvalue weighted by molar-refractivity contribution is 0.464. The Morgan fingerprint density at radius 2 is 1.80 bits per heavy atom. The number of hydrogen-bond acceptors (Lipinski definition) is 2. The third-order valence-electron chi connectivity index (χ3n) is 2.41. The first-order valence-corrected chi connectivity index (χ1v) is 5.39. The maximum absolute atomic E-state index is 5.66. The largest absolute Gasteiger partial charge is 0.445 e. The Balaban J connectivity index is 2.47. The van der Waals surface area contributed by atoms with Gasteiger partial charge in [0.25, 0.3) is 0 Å².